The number of aryl methyl sites for hydroxylation is 1. The Bertz CT molecular complexity index is 1270. The van der Waals surface area contributed by atoms with E-state index in [2.05, 4.69) is 30.3 Å². The fourth-order valence-electron chi connectivity index (χ4n) is 4.16. The van der Waals surface area contributed by atoms with Crippen molar-refractivity contribution in [2.45, 2.75) is 24.8 Å². The Morgan fingerprint density at radius 2 is 1.47 bits per heavy atom. The Morgan fingerprint density at radius 1 is 0.833 bits per heavy atom. The molecule has 0 heterocycles. The second-order valence-corrected chi connectivity index (χ2v) is 7.88. The molecule has 0 bridgehead atoms. The first-order valence-electron chi connectivity index (χ1n) is 9.75. The van der Waals surface area contributed by atoms with E-state index in [4.69, 9.17) is 10.5 Å². The number of hydrogen-bond donors (Lipinski definition) is 2. The Hall–Kier alpha value is -3.08. The topological polar surface area (TPSA) is 72.6 Å². The van der Waals surface area contributed by atoms with Crippen molar-refractivity contribution in [1.29, 1.82) is 0 Å². The minimum absolute atomic E-state index is 0. The molecule has 152 valence electrons. The molecule has 0 aromatic heterocycles. The number of carboxylic acid groups (broad SMARTS) is 1. The number of aliphatic carboxylic acids is 1. The standard InChI is InChI=1S/C25H21NO3.ClH/c26-25(24(27)28)10-9-16-5-7-23(14-21(16)15-25)29-22-8-6-19-11-17-3-1-2-4-18(17)12-20(19)13-22;/h1-8,11-14H,9-10,15,26H2,(H,27,28);1H. The second kappa shape index (κ2) is 7.63. The van der Waals surface area contributed by atoms with Gasteiger partial charge in [-0.25, -0.2) is 0 Å². The molecule has 1 aliphatic carbocycles. The number of benzene rings is 4. The summed E-state index contributed by atoms with van der Waals surface area (Å²) in [6.07, 6.45) is 1.44. The largest absolute Gasteiger partial charge is 0.480 e. The average Bonchev–Trinajstić information content (AvgIpc) is 2.72. The van der Waals surface area contributed by atoms with Crippen molar-refractivity contribution in [3.05, 3.63) is 83.9 Å². The molecule has 4 nitrogen and oxygen atoms in total. The number of ether oxygens (including phenoxy) is 1. The van der Waals surface area contributed by atoms with Gasteiger partial charge in [0.2, 0.25) is 0 Å². The molecule has 1 atom stereocenters. The SMILES string of the molecule is Cl.NC1(C(=O)O)CCc2ccc(Oc3ccc4cc5ccccc5cc4c3)cc2C1. The molecular weight excluding hydrogens is 398 g/mol. The van der Waals surface area contributed by atoms with E-state index in [0.29, 0.717) is 25.0 Å². The molecule has 4 aromatic carbocycles. The summed E-state index contributed by atoms with van der Waals surface area (Å²) in [5, 5.41) is 14.1. The lowest BCUT2D eigenvalue weighted by molar-refractivity contribution is -0.143. The van der Waals surface area contributed by atoms with E-state index >= 15 is 0 Å². The first kappa shape index (κ1) is 20.2. The van der Waals surface area contributed by atoms with Gasteiger partial charge in [-0.3, -0.25) is 4.79 Å². The number of carboxylic acids is 1. The minimum Gasteiger partial charge on any atom is -0.480 e. The predicted octanol–water partition coefficient (Wildman–Crippen LogP) is 5.48. The second-order valence-electron chi connectivity index (χ2n) is 7.88. The van der Waals surface area contributed by atoms with Gasteiger partial charge in [-0.2, -0.15) is 0 Å². The maximum Gasteiger partial charge on any atom is 0.324 e. The molecule has 0 fully saturated rings. The van der Waals surface area contributed by atoms with E-state index < -0.39 is 11.5 Å². The van der Waals surface area contributed by atoms with Crippen molar-refractivity contribution < 1.29 is 14.6 Å². The fraction of sp³-hybridized carbons (Fsp3) is 0.160. The number of carbonyl (C=O) groups is 1. The summed E-state index contributed by atoms with van der Waals surface area (Å²) in [6, 6.07) is 24.6. The van der Waals surface area contributed by atoms with Gasteiger partial charge in [0.05, 0.1) is 0 Å². The maximum atomic E-state index is 11.5. The Kier molecular flexibility index (Phi) is 5.14. The van der Waals surface area contributed by atoms with Gasteiger partial charge in [0.1, 0.15) is 17.0 Å². The van der Waals surface area contributed by atoms with Crippen LogP contribution in [0.2, 0.25) is 0 Å². The van der Waals surface area contributed by atoms with E-state index in [-0.39, 0.29) is 12.4 Å². The summed E-state index contributed by atoms with van der Waals surface area (Å²) in [5.74, 6) is 0.496. The molecule has 3 N–H and O–H groups in total. The number of rotatable bonds is 3. The quantitative estimate of drug-likeness (QED) is 0.431. The van der Waals surface area contributed by atoms with Gasteiger partial charge in [-0.1, -0.05) is 36.4 Å². The van der Waals surface area contributed by atoms with Crippen LogP contribution in [-0.4, -0.2) is 16.6 Å². The summed E-state index contributed by atoms with van der Waals surface area (Å²) < 4.78 is 6.11. The first-order valence-corrected chi connectivity index (χ1v) is 9.75. The molecule has 5 heteroatoms. The van der Waals surface area contributed by atoms with E-state index in [9.17, 15) is 9.90 Å². The van der Waals surface area contributed by atoms with Gasteiger partial charge >= 0.3 is 5.97 Å². The van der Waals surface area contributed by atoms with Crippen LogP contribution in [0.15, 0.2) is 72.8 Å². The number of fused-ring (bicyclic) bond motifs is 3. The molecule has 0 radical (unpaired) electrons. The zero-order valence-electron chi connectivity index (χ0n) is 16.3. The van der Waals surface area contributed by atoms with Crippen molar-refractivity contribution in [3.63, 3.8) is 0 Å². The first-order chi connectivity index (χ1) is 14.0. The highest BCUT2D eigenvalue weighted by atomic mass is 35.5. The molecular formula is C25H22ClNO3. The Morgan fingerprint density at radius 3 is 2.20 bits per heavy atom. The van der Waals surface area contributed by atoms with Crippen LogP contribution >= 0.6 is 12.4 Å². The summed E-state index contributed by atoms with van der Waals surface area (Å²) in [4.78, 5) is 11.5. The normalized spacial score (nSPS) is 17.9. The fourth-order valence-corrected chi connectivity index (χ4v) is 4.16. The summed E-state index contributed by atoms with van der Waals surface area (Å²) in [5.41, 5.74) is 6.98. The highest BCUT2D eigenvalue weighted by Gasteiger charge is 2.37. The van der Waals surface area contributed by atoms with E-state index in [1.54, 1.807) is 0 Å². The number of nitrogens with two attached hydrogens (primary N) is 1. The summed E-state index contributed by atoms with van der Waals surface area (Å²) in [6.45, 7) is 0. The van der Waals surface area contributed by atoms with Gasteiger partial charge in [0.25, 0.3) is 0 Å². The van der Waals surface area contributed by atoms with Gasteiger partial charge in [-0.15, -0.1) is 12.4 Å². The predicted molar refractivity (Wildman–Crippen MR) is 122 cm³/mol. The lowest BCUT2D eigenvalue weighted by Crippen LogP contribution is -2.52. The van der Waals surface area contributed by atoms with Crippen LogP contribution in [-0.2, 0) is 17.6 Å². The Balaban J connectivity index is 0.00000218. The monoisotopic (exact) mass is 419 g/mol. The molecule has 30 heavy (non-hydrogen) atoms. The summed E-state index contributed by atoms with van der Waals surface area (Å²) in [7, 11) is 0. The third-order valence-electron chi connectivity index (χ3n) is 5.86. The number of halogens is 1. The van der Waals surface area contributed by atoms with E-state index in [0.717, 1.165) is 27.6 Å². The van der Waals surface area contributed by atoms with Crippen molar-refractivity contribution in [3.8, 4) is 11.5 Å². The van der Waals surface area contributed by atoms with Crippen molar-refractivity contribution in [2.24, 2.45) is 5.73 Å². The van der Waals surface area contributed by atoms with Crippen LogP contribution in [0.4, 0.5) is 0 Å². The molecule has 0 saturated heterocycles. The zero-order chi connectivity index (χ0) is 20.0. The molecule has 0 amide bonds. The van der Waals surface area contributed by atoms with E-state index in [1.165, 1.54) is 10.8 Å². The van der Waals surface area contributed by atoms with Gasteiger partial charge < -0.3 is 15.6 Å². The minimum atomic E-state index is -1.20. The van der Waals surface area contributed by atoms with Crippen molar-refractivity contribution in [2.75, 3.05) is 0 Å². The van der Waals surface area contributed by atoms with Crippen LogP contribution < -0.4 is 10.5 Å². The maximum absolute atomic E-state index is 11.5. The average molecular weight is 420 g/mol. The Labute approximate surface area is 180 Å². The molecule has 0 saturated carbocycles. The van der Waals surface area contributed by atoms with E-state index in [1.807, 2.05) is 42.5 Å². The molecule has 1 aliphatic rings. The smallest absolute Gasteiger partial charge is 0.324 e. The summed E-state index contributed by atoms with van der Waals surface area (Å²) >= 11 is 0. The highest BCUT2D eigenvalue weighted by Crippen LogP contribution is 2.33. The van der Waals surface area contributed by atoms with Gasteiger partial charge in [0.15, 0.2) is 0 Å². The van der Waals surface area contributed by atoms with Crippen molar-refractivity contribution >= 4 is 39.9 Å². The highest BCUT2D eigenvalue weighted by molar-refractivity contribution is 5.98. The molecule has 1 unspecified atom stereocenters. The lowest BCUT2D eigenvalue weighted by atomic mass is 9.78. The third-order valence-corrected chi connectivity index (χ3v) is 5.86. The van der Waals surface area contributed by atoms with Gasteiger partial charge in [0, 0.05) is 6.42 Å². The van der Waals surface area contributed by atoms with Gasteiger partial charge in [-0.05, 0) is 81.9 Å². The molecule has 0 spiro atoms. The van der Waals surface area contributed by atoms with Crippen LogP contribution in [0, 0.1) is 0 Å². The van der Waals surface area contributed by atoms with Crippen LogP contribution in [0.5, 0.6) is 11.5 Å². The number of hydrogen-bond acceptors (Lipinski definition) is 3. The molecule has 4 aromatic rings. The molecule has 5 rings (SSSR count). The lowest BCUT2D eigenvalue weighted by Gasteiger charge is -2.31. The zero-order valence-corrected chi connectivity index (χ0v) is 17.1. The van der Waals surface area contributed by atoms with Crippen LogP contribution in [0.3, 0.4) is 0 Å². The van der Waals surface area contributed by atoms with Crippen molar-refractivity contribution in [1.82, 2.24) is 0 Å². The van der Waals surface area contributed by atoms with Crippen LogP contribution in [0.25, 0.3) is 21.5 Å². The molecule has 0 aliphatic heterocycles. The third kappa shape index (κ3) is 3.60. The van der Waals surface area contributed by atoms with Crippen LogP contribution in [0.1, 0.15) is 17.5 Å².